The average molecular weight is 380 g/mol. The van der Waals surface area contributed by atoms with Gasteiger partial charge in [-0.3, -0.25) is 13.7 Å². The lowest BCUT2D eigenvalue weighted by molar-refractivity contribution is -0.140. The summed E-state index contributed by atoms with van der Waals surface area (Å²) in [6.07, 6.45) is 0. The number of carboxylic acid groups (broad SMARTS) is 1. The minimum Gasteiger partial charge on any atom is -0.480 e. The fourth-order valence-corrected chi connectivity index (χ4v) is 3.75. The van der Waals surface area contributed by atoms with Crippen molar-refractivity contribution < 1.29 is 18.9 Å². The molecule has 2 N–H and O–H groups in total. The molecule has 1 unspecified atom stereocenters. The van der Waals surface area contributed by atoms with Crippen LogP contribution in [0.25, 0.3) is 0 Å². The van der Waals surface area contributed by atoms with Crippen LogP contribution >= 0.6 is 15.9 Å². The molecular weight excluding hydrogens is 362 g/mol. The minimum atomic E-state index is -1.43. The van der Waals surface area contributed by atoms with Crippen LogP contribution in [0.4, 0.5) is 0 Å². The summed E-state index contributed by atoms with van der Waals surface area (Å²) >= 11 is 3.40. The van der Waals surface area contributed by atoms with E-state index in [0.717, 1.165) is 15.9 Å². The number of carbonyl (C=O) groups excluding carboxylic acids is 1. The van der Waals surface area contributed by atoms with Crippen molar-refractivity contribution in [3.05, 3.63) is 15.9 Å². The zero-order chi connectivity index (χ0) is 16.2. The highest BCUT2D eigenvalue weighted by Gasteiger charge is 2.23. The van der Waals surface area contributed by atoms with Crippen LogP contribution in [0.1, 0.15) is 25.2 Å². The van der Waals surface area contributed by atoms with E-state index in [1.165, 1.54) is 6.92 Å². The Hall–Kier alpha value is -1.22. The smallest absolute Gasteiger partial charge is 0.327 e. The van der Waals surface area contributed by atoms with Crippen LogP contribution in [0.15, 0.2) is 4.47 Å². The molecule has 0 aromatic carbocycles. The summed E-state index contributed by atoms with van der Waals surface area (Å²) < 4.78 is 14.7. The Morgan fingerprint density at radius 1 is 1.52 bits per heavy atom. The number of hydrogen-bond acceptors (Lipinski definition) is 4. The number of aromatic nitrogens is 2. The molecule has 0 saturated heterocycles. The molecular formula is C12H18BrN3O4S. The Morgan fingerprint density at radius 2 is 2.14 bits per heavy atom. The third-order valence-corrected chi connectivity index (χ3v) is 5.11. The van der Waals surface area contributed by atoms with Gasteiger partial charge >= 0.3 is 5.97 Å². The molecule has 0 aliphatic heterocycles. The third kappa shape index (κ3) is 4.92. The van der Waals surface area contributed by atoms with E-state index in [9.17, 15) is 13.8 Å². The summed E-state index contributed by atoms with van der Waals surface area (Å²) in [5.41, 5.74) is 1.56. The van der Waals surface area contributed by atoms with Crippen LogP contribution < -0.4 is 5.32 Å². The number of halogens is 1. The topological polar surface area (TPSA) is 101 Å². The molecule has 1 heterocycles. The molecule has 0 fully saturated rings. The van der Waals surface area contributed by atoms with Crippen LogP contribution in [-0.4, -0.2) is 42.8 Å². The van der Waals surface area contributed by atoms with Crippen molar-refractivity contribution in [1.29, 1.82) is 0 Å². The number of nitrogens with zero attached hydrogens (tertiary/aromatic N) is 2. The molecule has 0 radical (unpaired) electrons. The largest absolute Gasteiger partial charge is 0.480 e. The Morgan fingerprint density at radius 3 is 2.62 bits per heavy atom. The lowest BCUT2D eigenvalue weighted by Crippen LogP contribution is -2.43. The molecule has 1 aromatic heterocycles. The molecule has 0 bridgehead atoms. The maximum absolute atomic E-state index is 12.2. The lowest BCUT2D eigenvalue weighted by Gasteiger charge is -2.13. The van der Waals surface area contributed by atoms with E-state index in [1.54, 1.807) is 4.68 Å². The Balaban J connectivity index is 2.81. The molecule has 1 aromatic rings. The van der Waals surface area contributed by atoms with Gasteiger partial charge < -0.3 is 10.4 Å². The maximum atomic E-state index is 12.2. The number of aliphatic carboxylic acids is 1. The van der Waals surface area contributed by atoms with Gasteiger partial charge in [-0.15, -0.1) is 0 Å². The first-order valence-electron chi connectivity index (χ1n) is 6.32. The zero-order valence-corrected chi connectivity index (χ0v) is 14.5. The molecule has 1 rings (SSSR count). The van der Waals surface area contributed by atoms with E-state index in [1.807, 2.05) is 13.8 Å². The standard InChI is InChI=1S/C12H18BrN3O4S/c1-4-16-10(11(13)7(2)15-16)6-21(20)5-9(12(18)19)14-8(3)17/h9H,4-6H2,1-3H3,(H,14,17)(H,18,19)/t9-,21?/m0/s1. The SMILES string of the molecule is CCn1nc(C)c(Br)c1CS(=O)C[C@H](NC(C)=O)C(=O)O. The van der Waals surface area contributed by atoms with Crippen molar-refractivity contribution in [2.75, 3.05) is 5.75 Å². The van der Waals surface area contributed by atoms with E-state index in [0.29, 0.717) is 6.54 Å². The summed E-state index contributed by atoms with van der Waals surface area (Å²) in [4.78, 5) is 22.0. The summed E-state index contributed by atoms with van der Waals surface area (Å²) in [7, 11) is -1.43. The predicted octanol–water partition coefficient (Wildman–Crippen LogP) is 0.812. The second-order valence-electron chi connectivity index (χ2n) is 4.50. The van der Waals surface area contributed by atoms with E-state index < -0.39 is 28.7 Å². The molecule has 0 spiro atoms. The van der Waals surface area contributed by atoms with E-state index in [-0.39, 0.29) is 11.5 Å². The first-order valence-corrected chi connectivity index (χ1v) is 8.61. The van der Waals surface area contributed by atoms with Gasteiger partial charge in [-0.2, -0.15) is 5.10 Å². The Labute approximate surface area is 133 Å². The Bertz CT molecular complexity index is 573. The van der Waals surface area contributed by atoms with Crippen molar-refractivity contribution in [1.82, 2.24) is 15.1 Å². The number of carboxylic acids is 1. The van der Waals surface area contributed by atoms with Crippen LogP contribution in [0.3, 0.4) is 0 Å². The Kier molecular flexibility index (Phi) is 6.53. The van der Waals surface area contributed by atoms with E-state index >= 15 is 0 Å². The van der Waals surface area contributed by atoms with Crippen molar-refractivity contribution in [3.8, 4) is 0 Å². The first kappa shape index (κ1) is 17.8. The van der Waals surface area contributed by atoms with Crippen LogP contribution in [-0.2, 0) is 32.7 Å². The van der Waals surface area contributed by atoms with Crippen molar-refractivity contribution in [2.24, 2.45) is 0 Å². The first-order chi connectivity index (χ1) is 9.76. The second-order valence-corrected chi connectivity index (χ2v) is 6.80. The summed E-state index contributed by atoms with van der Waals surface area (Å²) in [5, 5.41) is 15.6. The van der Waals surface area contributed by atoms with Crippen molar-refractivity contribution >= 4 is 38.6 Å². The minimum absolute atomic E-state index is 0.144. The van der Waals surface area contributed by atoms with Crippen LogP contribution in [0.5, 0.6) is 0 Å². The van der Waals surface area contributed by atoms with Gasteiger partial charge in [0.25, 0.3) is 0 Å². The van der Waals surface area contributed by atoms with Crippen LogP contribution in [0.2, 0.25) is 0 Å². The van der Waals surface area contributed by atoms with Gasteiger partial charge in [-0.05, 0) is 29.8 Å². The molecule has 9 heteroatoms. The quantitative estimate of drug-likeness (QED) is 0.729. The van der Waals surface area contributed by atoms with Crippen molar-refractivity contribution in [3.63, 3.8) is 0 Å². The maximum Gasteiger partial charge on any atom is 0.327 e. The molecule has 1 amide bonds. The fourth-order valence-electron chi connectivity index (χ4n) is 1.82. The van der Waals surface area contributed by atoms with Gasteiger partial charge in [0, 0.05) is 24.3 Å². The normalized spacial score (nSPS) is 13.7. The summed E-state index contributed by atoms with van der Waals surface area (Å²) in [6.45, 7) is 5.61. The van der Waals surface area contributed by atoms with Gasteiger partial charge in [0.1, 0.15) is 6.04 Å². The zero-order valence-electron chi connectivity index (χ0n) is 12.1. The third-order valence-electron chi connectivity index (χ3n) is 2.78. The molecule has 0 aliphatic rings. The predicted molar refractivity (Wildman–Crippen MR) is 82.3 cm³/mol. The highest BCUT2D eigenvalue weighted by atomic mass is 79.9. The summed E-state index contributed by atoms with van der Waals surface area (Å²) in [6, 6.07) is -1.15. The molecule has 118 valence electrons. The van der Waals surface area contributed by atoms with Crippen molar-refractivity contribution in [2.45, 2.75) is 39.1 Å². The molecule has 21 heavy (non-hydrogen) atoms. The fraction of sp³-hybridized carbons (Fsp3) is 0.583. The lowest BCUT2D eigenvalue weighted by atomic mass is 10.3. The monoisotopic (exact) mass is 379 g/mol. The summed E-state index contributed by atoms with van der Waals surface area (Å²) in [5.74, 6) is -1.62. The molecule has 7 nitrogen and oxygen atoms in total. The number of nitrogens with one attached hydrogen (secondary N) is 1. The van der Waals surface area contributed by atoms with Crippen LogP contribution in [0, 0.1) is 6.92 Å². The van der Waals surface area contributed by atoms with E-state index in [4.69, 9.17) is 5.11 Å². The van der Waals surface area contributed by atoms with E-state index in [2.05, 4.69) is 26.3 Å². The number of aryl methyl sites for hydroxylation is 2. The van der Waals surface area contributed by atoms with Gasteiger partial charge in [0.15, 0.2) is 0 Å². The average Bonchev–Trinajstić information content (AvgIpc) is 2.65. The highest BCUT2D eigenvalue weighted by molar-refractivity contribution is 9.10. The van der Waals surface area contributed by atoms with Gasteiger partial charge in [-0.1, -0.05) is 0 Å². The number of hydrogen-bond donors (Lipinski definition) is 2. The number of carbonyl (C=O) groups is 2. The molecule has 0 aliphatic carbocycles. The second kappa shape index (κ2) is 7.69. The number of rotatable bonds is 7. The number of amides is 1. The van der Waals surface area contributed by atoms with Gasteiger partial charge in [0.05, 0.1) is 27.4 Å². The van der Waals surface area contributed by atoms with Gasteiger partial charge in [-0.25, -0.2) is 4.79 Å². The van der Waals surface area contributed by atoms with Gasteiger partial charge in [0.2, 0.25) is 5.91 Å². The highest BCUT2D eigenvalue weighted by Crippen LogP contribution is 2.22. The molecule has 2 atom stereocenters. The molecule has 0 saturated carbocycles.